The van der Waals surface area contributed by atoms with Crippen molar-refractivity contribution in [3.05, 3.63) is 82.9 Å². The number of phenols is 1. The molecule has 3 aromatic rings. The SMILES string of the molecule is COc1cc2c(cc1O)C(c1ccc(OC)c(OCc3ccccc3)c1)=NCC2. The molecule has 29 heavy (non-hydrogen) atoms. The van der Waals surface area contributed by atoms with Crippen LogP contribution in [0.15, 0.2) is 65.7 Å². The Morgan fingerprint density at radius 3 is 2.45 bits per heavy atom. The second-order valence-electron chi connectivity index (χ2n) is 6.80. The summed E-state index contributed by atoms with van der Waals surface area (Å²) in [4.78, 5) is 4.72. The largest absolute Gasteiger partial charge is 0.504 e. The van der Waals surface area contributed by atoms with Gasteiger partial charge in [0.1, 0.15) is 6.61 Å². The molecule has 0 saturated carbocycles. The lowest BCUT2D eigenvalue weighted by Crippen LogP contribution is -2.14. The van der Waals surface area contributed by atoms with Crippen molar-refractivity contribution in [2.45, 2.75) is 13.0 Å². The Kier molecular flexibility index (Phi) is 5.38. The number of hydrogen-bond acceptors (Lipinski definition) is 5. The number of nitrogens with zero attached hydrogens (tertiary/aromatic N) is 1. The molecule has 0 bridgehead atoms. The predicted octanol–water partition coefficient (Wildman–Crippen LogP) is 4.38. The molecule has 1 aliphatic heterocycles. The molecule has 0 fully saturated rings. The zero-order valence-corrected chi connectivity index (χ0v) is 16.5. The molecule has 1 heterocycles. The van der Waals surface area contributed by atoms with Crippen LogP contribution in [0.3, 0.4) is 0 Å². The van der Waals surface area contributed by atoms with E-state index in [-0.39, 0.29) is 5.75 Å². The Labute approximate surface area is 170 Å². The highest BCUT2D eigenvalue weighted by Gasteiger charge is 2.20. The van der Waals surface area contributed by atoms with Gasteiger partial charge in [-0.25, -0.2) is 0 Å². The van der Waals surface area contributed by atoms with Gasteiger partial charge in [-0.3, -0.25) is 4.99 Å². The van der Waals surface area contributed by atoms with Crippen LogP contribution >= 0.6 is 0 Å². The summed E-state index contributed by atoms with van der Waals surface area (Å²) in [6.45, 7) is 1.13. The van der Waals surface area contributed by atoms with Gasteiger partial charge in [-0.2, -0.15) is 0 Å². The van der Waals surface area contributed by atoms with Crippen molar-refractivity contribution in [3.8, 4) is 23.0 Å². The molecule has 4 rings (SSSR count). The van der Waals surface area contributed by atoms with Crippen molar-refractivity contribution in [2.75, 3.05) is 20.8 Å². The molecule has 0 spiro atoms. The molecule has 0 radical (unpaired) electrons. The van der Waals surface area contributed by atoms with Gasteiger partial charge in [0, 0.05) is 17.7 Å². The van der Waals surface area contributed by atoms with Crippen molar-refractivity contribution in [1.82, 2.24) is 0 Å². The van der Waals surface area contributed by atoms with Crippen molar-refractivity contribution < 1.29 is 19.3 Å². The van der Waals surface area contributed by atoms with Crippen LogP contribution in [0.25, 0.3) is 0 Å². The molecule has 5 heteroatoms. The van der Waals surface area contributed by atoms with Crippen LogP contribution in [0.1, 0.15) is 22.3 Å². The lowest BCUT2D eigenvalue weighted by molar-refractivity contribution is 0.284. The summed E-state index contributed by atoms with van der Waals surface area (Å²) in [7, 11) is 3.18. The molecule has 0 saturated heterocycles. The van der Waals surface area contributed by atoms with Gasteiger partial charge >= 0.3 is 0 Å². The fraction of sp³-hybridized carbons (Fsp3) is 0.208. The molecular formula is C24H23NO4. The smallest absolute Gasteiger partial charge is 0.162 e. The fourth-order valence-corrected chi connectivity index (χ4v) is 3.49. The Bertz CT molecular complexity index is 1040. The highest BCUT2D eigenvalue weighted by molar-refractivity contribution is 6.14. The van der Waals surface area contributed by atoms with E-state index in [1.807, 2.05) is 54.6 Å². The van der Waals surface area contributed by atoms with E-state index in [4.69, 9.17) is 19.2 Å². The molecule has 5 nitrogen and oxygen atoms in total. The molecular weight excluding hydrogens is 366 g/mol. The van der Waals surface area contributed by atoms with Crippen molar-refractivity contribution in [2.24, 2.45) is 4.99 Å². The fourth-order valence-electron chi connectivity index (χ4n) is 3.49. The van der Waals surface area contributed by atoms with Gasteiger partial charge in [0.05, 0.1) is 19.9 Å². The van der Waals surface area contributed by atoms with Gasteiger partial charge in [-0.1, -0.05) is 30.3 Å². The summed E-state index contributed by atoms with van der Waals surface area (Å²) in [5.41, 5.74) is 4.84. The van der Waals surface area contributed by atoms with Crippen LogP contribution in [0.5, 0.6) is 23.0 Å². The average Bonchev–Trinajstić information content (AvgIpc) is 2.77. The molecule has 0 aliphatic carbocycles. The van der Waals surface area contributed by atoms with Gasteiger partial charge in [0.15, 0.2) is 23.0 Å². The number of ether oxygens (including phenoxy) is 3. The molecule has 1 N–H and O–H groups in total. The van der Waals surface area contributed by atoms with Gasteiger partial charge in [-0.05, 0) is 47.9 Å². The van der Waals surface area contributed by atoms with Gasteiger partial charge in [0.2, 0.25) is 0 Å². The van der Waals surface area contributed by atoms with E-state index in [1.165, 1.54) is 0 Å². The standard InChI is InChI=1S/C24H23NO4/c1-27-21-9-8-18(13-23(21)29-15-16-6-4-3-5-7-16)24-19-14-20(26)22(28-2)12-17(19)10-11-25-24/h3-9,12-14,26H,10-11,15H2,1-2H3. The number of phenolic OH excluding ortho intramolecular Hbond substituents is 1. The number of hydrogen-bond donors (Lipinski definition) is 1. The number of aromatic hydroxyl groups is 1. The average molecular weight is 389 g/mol. The zero-order chi connectivity index (χ0) is 20.2. The molecule has 0 aromatic heterocycles. The maximum atomic E-state index is 10.3. The monoisotopic (exact) mass is 389 g/mol. The van der Waals surface area contributed by atoms with E-state index in [2.05, 4.69) is 0 Å². The highest BCUT2D eigenvalue weighted by Crippen LogP contribution is 2.35. The third-order valence-electron chi connectivity index (χ3n) is 4.99. The van der Waals surface area contributed by atoms with Crippen molar-refractivity contribution in [1.29, 1.82) is 0 Å². The summed E-state index contributed by atoms with van der Waals surface area (Å²) >= 11 is 0. The van der Waals surface area contributed by atoms with Crippen molar-refractivity contribution >= 4 is 5.71 Å². The minimum Gasteiger partial charge on any atom is -0.504 e. The molecule has 0 unspecified atom stereocenters. The van der Waals surface area contributed by atoms with Crippen LogP contribution in [0, 0.1) is 0 Å². The third-order valence-corrected chi connectivity index (χ3v) is 4.99. The molecule has 1 aliphatic rings. The quantitative estimate of drug-likeness (QED) is 0.680. The van der Waals surface area contributed by atoms with Gasteiger partial charge in [-0.15, -0.1) is 0 Å². The molecule has 0 atom stereocenters. The Hall–Kier alpha value is -3.47. The number of aliphatic imine (C=N–C) groups is 1. The third kappa shape index (κ3) is 3.90. The lowest BCUT2D eigenvalue weighted by Gasteiger charge is -2.20. The summed E-state index contributed by atoms with van der Waals surface area (Å²) in [5.74, 6) is 1.90. The van der Waals surface area contributed by atoms with Gasteiger partial charge < -0.3 is 19.3 Å². The number of rotatable bonds is 6. The Morgan fingerprint density at radius 1 is 0.897 bits per heavy atom. The van der Waals surface area contributed by atoms with E-state index in [0.717, 1.165) is 34.4 Å². The predicted molar refractivity (Wildman–Crippen MR) is 113 cm³/mol. The lowest BCUT2D eigenvalue weighted by atomic mass is 9.92. The number of methoxy groups -OCH3 is 2. The first-order chi connectivity index (χ1) is 14.2. The summed E-state index contributed by atoms with van der Waals surface area (Å²) in [5, 5.41) is 10.3. The zero-order valence-electron chi connectivity index (χ0n) is 16.5. The number of benzene rings is 3. The topological polar surface area (TPSA) is 60.3 Å². The van der Waals surface area contributed by atoms with Crippen LogP contribution in [-0.4, -0.2) is 31.6 Å². The summed E-state index contributed by atoms with van der Waals surface area (Å²) < 4.78 is 16.8. The van der Waals surface area contributed by atoms with E-state index >= 15 is 0 Å². The minimum atomic E-state index is 0.106. The van der Waals surface area contributed by atoms with Crippen LogP contribution in [-0.2, 0) is 13.0 Å². The van der Waals surface area contributed by atoms with Crippen LogP contribution < -0.4 is 14.2 Å². The van der Waals surface area contributed by atoms with Gasteiger partial charge in [0.25, 0.3) is 0 Å². The van der Waals surface area contributed by atoms with E-state index in [9.17, 15) is 5.11 Å². The second-order valence-corrected chi connectivity index (χ2v) is 6.80. The maximum Gasteiger partial charge on any atom is 0.162 e. The maximum absolute atomic E-state index is 10.3. The first-order valence-corrected chi connectivity index (χ1v) is 9.49. The molecule has 0 amide bonds. The summed E-state index contributed by atoms with van der Waals surface area (Å²) in [6.07, 6.45) is 0.809. The van der Waals surface area contributed by atoms with E-state index in [1.54, 1.807) is 20.3 Å². The number of fused-ring (bicyclic) bond motifs is 1. The first-order valence-electron chi connectivity index (χ1n) is 9.49. The van der Waals surface area contributed by atoms with Crippen LogP contribution in [0.2, 0.25) is 0 Å². The molecule has 3 aromatic carbocycles. The first kappa shape index (κ1) is 18.9. The highest BCUT2D eigenvalue weighted by atomic mass is 16.5. The second kappa shape index (κ2) is 8.27. The minimum absolute atomic E-state index is 0.106. The van der Waals surface area contributed by atoms with Crippen molar-refractivity contribution in [3.63, 3.8) is 0 Å². The Balaban J connectivity index is 1.67. The van der Waals surface area contributed by atoms with Crippen LogP contribution in [0.4, 0.5) is 0 Å². The normalized spacial score (nSPS) is 12.7. The summed E-state index contributed by atoms with van der Waals surface area (Å²) in [6, 6.07) is 19.4. The Morgan fingerprint density at radius 2 is 1.69 bits per heavy atom. The molecule has 148 valence electrons. The van der Waals surface area contributed by atoms with E-state index < -0.39 is 0 Å². The van der Waals surface area contributed by atoms with E-state index in [0.29, 0.717) is 30.4 Å².